The molecule has 1 saturated heterocycles. The average Bonchev–Trinajstić information content (AvgIpc) is 3.13. The zero-order chi connectivity index (χ0) is 22.4. The molecule has 8 nitrogen and oxygen atoms in total. The summed E-state index contributed by atoms with van der Waals surface area (Å²) < 4.78 is 34.6. The Morgan fingerprint density at radius 3 is 2.17 bits per heavy atom. The molecule has 30 heavy (non-hydrogen) atoms. The summed E-state index contributed by atoms with van der Waals surface area (Å²) in [5.41, 5.74) is 3.07. The second-order valence-electron chi connectivity index (χ2n) is 9.05. The van der Waals surface area contributed by atoms with E-state index < -0.39 is 10.0 Å². The first-order valence-corrected chi connectivity index (χ1v) is 11.7. The van der Waals surface area contributed by atoms with E-state index in [4.69, 9.17) is 4.52 Å². The minimum absolute atomic E-state index is 0.0700. The minimum atomic E-state index is -3.65. The molecule has 3 rings (SSSR count). The number of sulfonamides is 1. The van der Waals surface area contributed by atoms with Crippen LogP contribution in [-0.2, 0) is 15.6 Å². The first-order chi connectivity index (χ1) is 13.8. The molecule has 1 aliphatic heterocycles. The van der Waals surface area contributed by atoms with Crippen molar-refractivity contribution in [3.63, 3.8) is 0 Å². The molecular formula is C21H32N4O4S. The van der Waals surface area contributed by atoms with Gasteiger partial charge in [-0.25, -0.2) is 8.42 Å². The molecule has 0 amide bonds. The van der Waals surface area contributed by atoms with Gasteiger partial charge in [-0.3, -0.25) is 9.69 Å². The predicted octanol–water partition coefficient (Wildman–Crippen LogP) is 2.65. The molecule has 0 aromatic carbocycles. The molecule has 0 bridgehead atoms. The van der Waals surface area contributed by atoms with E-state index in [1.807, 2.05) is 24.8 Å². The van der Waals surface area contributed by atoms with Crippen molar-refractivity contribution >= 4 is 15.8 Å². The monoisotopic (exact) mass is 436 g/mol. The van der Waals surface area contributed by atoms with Gasteiger partial charge >= 0.3 is 0 Å². The van der Waals surface area contributed by atoms with Crippen LogP contribution in [0.15, 0.2) is 15.5 Å². The average molecular weight is 437 g/mol. The van der Waals surface area contributed by atoms with Crippen molar-refractivity contribution in [2.45, 2.75) is 58.9 Å². The number of Topliss-reactive ketones (excluding diaryl/α,β-unsaturated/α-hetero) is 1. The number of rotatable bonds is 5. The molecule has 0 N–H and O–H groups in total. The Morgan fingerprint density at radius 2 is 1.70 bits per heavy atom. The molecule has 0 spiro atoms. The lowest BCUT2D eigenvalue weighted by Gasteiger charge is -2.33. The Bertz CT molecular complexity index is 1030. The molecule has 0 saturated carbocycles. The van der Waals surface area contributed by atoms with E-state index in [2.05, 4.69) is 30.5 Å². The molecule has 9 heteroatoms. The lowest BCUT2D eigenvalue weighted by molar-refractivity contribution is 0.0901. The smallest absolute Gasteiger partial charge is 0.248 e. The molecule has 0 aliphatic carbocycles. The SMILES string of the molecule is Cc1noc(C)c1S(=O)(=O)N1CCN(CC(=O)c2cc(C)n(C(C)(C)C)c2C)CC1. The predicted molar refractivity (Wildman–Crippen MR) is 114 cm³/mol. The van der Waals surface area contributed by atoms with Crippen LogP contribution in [0.5, 0.6) is 0 Å². The summed E-state index contributed by atoms with van der Waals surface area (Å²) in [4.78, 5) is 15.1. The number of piperazine rings is 1. The van der Waals surface area contributed by atoms with Gasteiger partial charge in [0.05, 0.1) is 6.54 Å². The highest BCUT2D eigenvalue weighted by Gasteiger charge is 2.34. The van der Waals surface area contributed by atoms with E-state index in [1.54, 1.807) is 13.8 Å². The molecule has 2 aromatic heterocycles. The van der Waals surface area contributed by atoms with E-state index in [1.165, 1.54) is 4.31 Å². The van der Waals surface area contributed by atoms with Gasteiger partial charge in [0, 0.05) is 48.7 Å². The molecule has 1 aliphatic rings. The third-order valence-corrected chi connectivity index (χ3v) is 7.81. The van der Waals surface area contributed by atoms with Crippen molar-refractivity contribution in [1.82, 2.24) is 18.9 Å². The molecule has 0 atom stereocenters. The fourth-order valence-electron chi connectivity index (χ4n) is 4.47. The van der Waals surface area contributed by atoms with Crippen LogP contribution in [0, 0.1) is 27.7 Å². The van der Waals surface area contributed by atoms with Gasteiger partial charge in [0.25, 0.3) is 0 Å². The fraction of sp³-hybridized carbons (Fsp3) is 0.619. The van der Waals surface area contributed by atoms with Crippen molar-refractivity contribution in [3.8, 4) is 0 Å². The van der Waals surface area contributed by atoms with Crippen molar-refractivity contribution in [2.24, 2.45) is 0 Å². The van der Waals surface area contributed by atoms with Gasteiger partial charge in [0.1, 0.15) is 10.6 Å². The van der Waals surface area contributed by atoms with Crippen molar-refractivity contribution < 1.29 is 17.7 Å². The molecule has 3 heterocycles. The lowest BCUT2D eigenvalue weighted by atomic mass is 10.1. The van der Waals surface area contributed by atoms with Crippen LogP contribution < -0.4 is 0 Å². The Hall–Kier alpha value is -1.97. The number of carbonyl (C=O) groups excluding carboxylic acids is 1. The van der Waals surface area contributed by atoms with Crippen LogP contribution in [0.3, 0.4) is 0 Å². The highest BCUT2D eigenvalue weighted by Crippen LogP contribution is 2.26. The summed E-state index contributed by atoms with van der Waals surface area (Å²) in [7, 11) is -3.65. The molecular weight excluding hydrogens is 404 g/mol. The second-order valence-corrected chi connectivity index (χ2v) is 10.9. The van der Waals surface area contributed by atoms with Crippen LogP contribution in [0.2, 0.25) is 0 Å². The van der Waals surface area contributed by atoms with Gasteiger partial charge in [-0.1, -0.05) is 5.16 Å². The fourth-order valence-corrected chi connectivity index (χ4v) is 6.18. The van der Waals surface area contributed by atoms with E-state index in [0.717, 1.165) is 17.0 Å². The summed E-state index contributed by atoms with van der Waals surface area (Å²) >= 11 is 0. The van der Waals surface area contributed by atoms with Crippen molar-refractivity contribution in [3.05, 3.63) is 34.5 Å². The Balaban J connectivity index is 1.68. The number of aromatic nitrogens is 2. The van der Waals surface area contributed by atoms with Gasteiger partial charge in [-0.2, -0.15) is 4.31 Å². The van der Waals surface area contributed by atoms with Gasteiger partial charge in [-0.05, 0) is 54.5 Å². The van der Waals surface area contributed by atoms with Crippen molar-refractivity contribution in [2.75, 3.05) is 32.7 Å². The highest BCUT2D eigenvalue weighted by atomic mass is 32.2. The Morgan fingerprint density at radius 1 is 1.10 bits per heavy atom. The maximum Gasteiger partial charge on any atom is 0.248 e. The second kappa shape index (κ2) is 7.94. The number of nitrogens with zero attached hydrogens (tertiary/aromatic N) is 4. The maximum absolute atomic E-state index is 13.0. The van der Waals surface area contributed by atoms with E-state index in [-0.39, 0.29) is 22.8 Å². The summed E-state index contributed by atoms with van der Waals surface area (Å²) in [5.74, 6) is 0.375. The zero-order valence-corrected chi connectivity index (χ0v) is 19.8. The van der Waals surface area contributed by atoms with E-state index in [9.17, 15) is 13.2 Å². The molecule has 0 unspecified atom stereocenters. The molecule has 1 fully saturated rings. The van der Waals surface area contributed by atoms with Gasteiger partial charge in [0.15, 0.2) is 11.5 Å². The van der Waals surface area contributed by atoms with Crippen LogP contribution in [0.4, 0.5) is 0 Å². The quantitative estimate of drug-likeness (QED) is 0.670. The Kier molecular flexibility index (Phi) is 6.01. The van der Waals surface area contributed by atoms with Crippen LogP contribution >= 0.6 is 0 Å². The summed E-state index contributed by atoms with van der Waals surface area (Å²) in [5, 5.41) is 3.76. The molecule has 0 radical (unpaired) electrons. The lowest BCUT2D eigenvalue weighted by Crippen LogP contribution is -2.49. The number of ketones is 1. The topological polar surface area (TPSA) is 88.7 Å². The largest absolute Gasteiger partial charge is 0.360 e. The third kappa shape index (κ3) is 4.10. The highest BCUT2D eigenvalue weighted by molar-refractivity contribution is 7.89. The normalized spacial score (nSPS) is 16.9. The summed E-state index contributed by atoms with van der Waals surface area (Å²) in [6.45, 7) is 15.6. The van der Waals surface area contributed by atoms with Crippen molar-refractivity contribution in [1.29, 1.82) is 0 Å². The number of aryl methyl sites for hydroxylation is 3. The summed E-state index contributed by atoms with van der Waals surface area (Å²) in [6.07, 6.45) is 0. The number of hydrogen-bond acceptors (Lipinski definition) is 6. The van der Waals surface area contributed by atoms with Gasteiger partial charge in [0.2, 0.25) is 10.0 Å². The van der Waals surface area contributed by atoms with Crippen LogP contribution in [0.25, 0.3) is 0 Å². The number of carbonyl (C=O) groups is 1. The maximum atomic E-state index is 13.0. The van der Waals surface area contributed by atoms with Gasteiger partial charge < -0.3 is 9.09 Å². The first-order valence-electron chi connectivity index (χ1n) is 10.2. The van der Waals surface area contributed by atoms with Crippen LogP contribution in [0.1, 0.15) is 54.0 Å². The number of hydrogen-bond donors (Lipinski definition) is 0. The minimum Gasteiger partial charge on any atom is -0.360 e. The Labute approximate surface area is 178 Å². The van der Waals surface area contributed by atoms with Gasteiger partial charge in [-0.15, -0.1) is 0 Å². The standard InChI is InChI=1S/C21H32N4O4S/c1-14-12-18(16(3)25(14)21(5,6)7)19(26)13-23-8-10-24(11-9-23)30(27,28)20-15(2)22-29-17(20)4/h12H,8-11,13H2,1-7H3. The van der Waals surface area contributed by atoms with E-state index in [0.29, 0.717) is 37.6 Å². The summed E-state index contributed by atoms with van der Waals surface area (Å²) in [6, 6.07) is 1.96. The molecule has 166 valence electrons. The first kappa shape index (κ1) is 22.7. The molecule has 2 aromatic rings. The zero-order valence-electron chi connectivity index (χ0n) is 18.9. The van der Waals surface area contributed by atoms with E-state index >= 15 is 0 Å². The third-order valence-electron chi connectivity index (χ3n) is 5.67. The van der Waals surface area contributed by atoms with Crippen LogP contribution in [-0.4, -0.2) is 65.9 Å².